The summed E-state index contributed by atoms with van der Waals surface area (Å²) in [7, 11) is 0. The third-order valence-electron chi connectivity index (χ3n) is 8.98. The lowest BCUT2D eigenvalue weighted by atomic mass is 9.95. The molecule has 0 aliphatic heterocycles. The Labute approximate surface area is 253 Å². The molecule has 1 unspecified atom stereocenters. The number of aromatic nitrogens is 1. The lowest BCUT2D eigenvalue weighted by Crippen LogP contribution is -2.30. The zero-order valence-electron chi connectivity index (χ0n) is 25.2. The number of carbonyl (C=O) groups excluding carboxylic acids is 1. The van der Waals surface area contributed by atoms with Crippen molar-refractivity contribution < 1.29 is 14.7 Å². The van der Waals surface area contributed by atoms with Crippen molar-refractivity contribution in [1.82, 2.24) is 9.88 Å². The van der Waals surface area contributed by atoms with Crippen LogP contribution in [0.25, 0.3) is 22.0 Å². The van der Waals surface area contributed by atoms with Crippen LogP contribution in [0.4, 0.5) is 0 Å². The second-order valence-electron chi connectivity index (χ2n) is 12.2. The van der Waals surface area contributed by atoms with E-state index >= 15 is 0 Å². The number of benzene rings is 4. The zero-order valence-corrected chi connectivity index (χ0v) is 25.2. The van der Waals surface area contributed by atoms with Crippen molar-refractivity contribution in [3.8, 4) is 11.1 Å². The third kappa shape index (κ3) is 5.72. The molecule has 5 heteroatoms. The molecule has 218 valence electrons. The first-order chi connectivity index (χ1) is 20.7. The number of hydrogen-bond acceptors (Lipinski definition) is 2. The predicted molar refractivity (Wildman–Crippen MR) is 173 cm³/mol. The Kier molecular flexibility index (Phi) is 7.66. The number of amides is 1. The molecule has 5 nitrogen and oxygen atoms in total. The summed E-state index contributed by atoms with van der Waals surface area (Å²) in [6, 6.07) is 29.9. The average Bonchev–Trinajstić information content (AvgIpc) is 3.84. The summed E-state index contributed by atoms with van der Waals surface area (Å²) in [4.78, 5) is 25.3. The Hall–Kier alpha value is -4.64. The van der Waals surface area contributed by atoms with Crippen molar-refractivity contribution in [2.24, 2.45) is 5.92 Å². The minimum Gasteiger partial charge on any atom is -0.478 e. The number of nitrogens with zero attached hydrogens (tertiary/aromatic N) is 1. The van der Waals surface area contributed by atoms with Crippen LogP contribution in [0.15, 0.2) is 91.0 Å². The van der Waals surface area contributed by atoms with Crippen molar-refractivity contribution in [2.45, 2.75) is 59.0 Å². The molecule has 2 N–H and O–H groups in total. The first-order valence-electron chi connectivity index (χ1n) is 15.1. The lowest BCUT2D eigenvalue weighted by Gasteiger charge is -2.20. The van der Waals surface area contributed by atoms with Gasteiger partial charge in [-0.15, -0.1) is 0 Å². The average molecular weight is 571 g/mol. The lowest BCUT2D eigenvalue weighted by molar-refractivity contribution is 0.0697. The van der Waals surface area contributed by atoms with Crippen molar-refractivity contribution in [3.05, 3.63) is 130 Å². The van der Waals surface area contributed by atoms with E-state index in [-0.39, 0.29) is 11.9 Å². The van der Waals surface area contributed by atoms with E-state index in [4.69, 9.17) is 0 Å². The first kappa shape index (κ1) is 28.5. The van der Waals surface area contributed by atoms with Gasteiger partial charge < -0.3 is 15.0 Å². The molecule has 1 aliphatic rings. The van der Waals surface area contributed by atoms with Crippen LogP contribution in [0.3, 0.4) is 0 Å². The highest BCUT2D eigenvalue weighted by molar-refractivity contribution is 5.99. The number of rotatable bonds is 9. The van der Waals surface area contributed by atoms with Crippen LogP contribution in [0.2, 0.25) is 0 Å². The minimum atomic E-state index is -0.930. The standard InChI is InChI=1S/C38H38N2O3/c1-23(2)29-8-7-9-30(20-29)36(28-16-17-28)39-37(41)31-18-19-35-34(21-31)24(3)25(4)40(35)22-26-12-14-27(15-13-26)32-10-5-6-11-33(32)38(42)43/h5-15,18-21,23,28,36H,16-17,22H2,1-4H3,(H,39,41)(H,42,43). The summed E-state index contributed by atoms with van der Waals surface area (Å²) < 4.78 is 2.29. The maximum atomic E-state index is 13.6. The normalized spacial score (nSPS) is 13.8. The molecule has 1 amide bonds. The van der Waals surface area contributed by atoms with Crippen LogP contribution in [0.5, 0.6) is 0 Å². The molecule has 5 aromatic rings. The monoisotopic (exact) mass is 570 g/mol. The van der Waals surface area contributed by atoms with E-state index in [0.29, 0.717) is 35.1 Å². The molecule has 43 heavy (non-hydrogen) atoms. The molecule has 1 heterocycles. The Bertz CT molecular complexity index is 1830. The molecule has 4 aromatic carbocycles. The number of carboxylic acids is 1. The number of carbonyl (C=O) groups is 2. The quantitative estimate of drug-likeness (QED) is 0.186. The maximum Gasteiger partial charge on any atom is 0.336 e. The molecule has 1 atom stereocenters. The van der Waals surface area contributed by atoms with E-state index in [2.05, 4.69) is 80.0 Å². The van der Waals surface area contributed by atoms with Gasteiger partial charge in [0.15, 0.2) is 0 Å². The first-order valence-corrected chi connectivity index (χ1v) is 15.1. The van der Waals surface area contributed by atoms with Gasteiger partial charge in [0.05, 0.1) is 11.6 Å². The molecule has 0 saturated heterocycles. The van der Waals surface area contributed by atoms with Crippen LogP contribution in [0, 0.1) is 19.8 Å². The second-order valence-corrected chi connectivity index (χ2v) is 12.2. The molecule has 1 saturated carbocycles. The zero-order chi connectivity index (χ0) is 30.2. The molecule has 1 fully saturated rings. The number of aryl methyl sites for hydroxylation is 1. The van der Waals surface area contributed by atoms with Crippen molar-refractivity contribution in [1.29, 1.82) is 0 Å². The second kappa shape index (κ2) is 11.6. The van der Waals surface area contributed by atoms with E-state index in [1.54, 1.807) is 12.1 Å². The van der Waals surface area contributed by atoms with E-state index in [9.17, 15) is 14.7 Å². The van der Waals surface area contributed by atoms with Gasteiger partial charge in [0.1, 0.15) is 0 Å². The molecule has 6 rings (SSSR count). The van der Waals surface area contributed by atoms with Crippen molar-refractivity contribution in [2.75, 3.05) is 0 Å². The van der Waals surface area contributed by atoms with E-state index in [1.807, 2.05) is 36.4 Å². The topological polar surface area (TPSA) is 71.3 Å². The summed E-state index contributed by atoms with van der Waals surface area (Å²) in [5.41, 5.74) is 9.60. The van der Waals surface area contributed by atoms with E-state index in [0.717, 1.165) is 40.6 Å². The highest BCUT2D eigenvalue weighted by Gasteiger charge is 2.34. The molecule has 1 aromatic heterocycles. The van der Waals surface area contributed by atoms with Gasteiger partial charge in [-0.3, -0.25) is 4.79 Å². The predicted octanol–water partition coefficient (Wildman–Crippen LogP) is 8.68. The number of nitrogens with one attached hydrogen (secondary N) is 1. The molecule has 1 aliphatic carbocycles. The highest BCUT2D eigenvalue weighted by atomic mass is 16.4. The van der Waals surface area contributed by atoms with Crippen molar-refractivity contribution >= 4 is 22.8 Å². The summed E-state index contributed by atoms with van der Waals surface area (Å²) in [6.45, 7) is 9.32. The number of hydrogen-bond donors (Lipinski definition) is 2. The molecular weight excluding hydrogens is 532 g/mol. The van der Waals surface area contributed by atoms with Crippen LogP contribution in [-0.2, 0) is 6.54 Å². The third-order valence-corrected chi connectivity index (χ3v) is 8.98. The van der Waals surface area contributed by atoms with Gasteiger partial charge in [-0.25, -0.2) is 4.79 Å². The van der Waals surface area contributed by atoms with Crippen LogP contribution in [0.1, 0.15) is 87.3 Å². The van der Waals surface area contributed by atoms with Crippen LogP contribution < -0.4 is 5.32 Å². The van der Waals surface area contributed by atoms with Crippen LogP contribution in [-0.4, -0.2) is 21.6 Å². The van der Waals surface area contributed by atoms with Gasteiger partial charge in [0.2, 0.25) is 0 Å². The van der Waals surface area contributed by atoms with Gasteiger partial charge >= 0.3 is 5.97 Å². The van der Waals surface area contributed by atoms with Gasteiger partial charge in [-0.05, 0) is 96.2 Å². The molecule has 0 spiro atoms. The Morgan fingerprint density at radius 1 is 0.884 bits per heavy atom. The largest absolute Gasteiger partial charge is 0.478 e. The van der Waals surface area contributed by atoms with Gasteiger partial charge in [0.25, 0.3) is 5.91 Å². The SMILES string of the molecule is Cc1c(C)n(Cc2ccc(-c3ccccc3C(=O)O)cc2)c2ccc(C(=O)NC(c3cccc(C(C)C)c3)C3CC3)cc12. The molecule has 0 bridgehead atoms. The molecule has 0 radical (unpaired) electrons. The summed E-state index contributed by atoms with van der Waals surface area (Å²) in [6.07, 6.45) is 2.29. The highest BCUT2D eigenvalue weighted by Crippen LogP contribution is 2.42. The van der Waals surface area contributed by atoms with Gasteiger partial charge in [-0.1, -0.05) is 80.6 Å². The molecular formula is C38H38N2O3. The Morgan fingerprint density at radius 2 is 1.60 bits per heavy atom. The van der Waals surface area contributed by atoms with E-state index in [1.165, 1.54) is 16.7 Å². The summed E-state index contributed by atoms with van der Waals surface area (Å²) in [5.74, 6) is -0.0271. The fourth-order valence-electron chi connectivity index (χ4n) is 6.13. The Morgan fingerprint density at radius 3 is 2.30 bits per heavy atom. The number of carboxylic acid groups (broad SMARTS) is 1. The smallest absolute Gasteiger partial charge is 0.336 e. The van der Waals surface area contributed by atoms with Gasteiger partial charge in [0, 0.05) is 28.7 Å². The Balaban J connectivity index is 1.24. The minimum absolute atomic E-state index is 0.0276. The number of fused-ring (bicyclic) bond motifs is 1. The fraction of sp³-hybridized carbons (Fsp3) is 0.263. The van der Waals surface area contributed by atoms with Crippen LogP contribution >= 0.6 is 0 Å². The maximum absolute atomic E-state index is 13.6. The number of aromatic carboxylic acids is 1. The van der Waals surface area contributed by atoms with E-state index < -0.39 is 5.97 Å². The van der Waals surface area contributed by atoms with Crippen molar-refractivity contribution in [3.63, 3.8) is 0 Å². The summed E-state index contributed by atoms with van der Waals surface area (Å²) in [5, 5.41) is 14.0. The fourth-order valence-corrected chi connectivity index (χ4v) is 6.13. The van der Waals surface area contributed by atoms with Gasteiger partial charge in [-0.2, -0.15) is 0 Å². The summed E-state index contributed by atoms with van der Waals surface area (Å²) >= 11 is 0.